The molecule has 0 saturated heterocycles. The van der Waals surface area contributed by atoms with Gasteiger partial charge in [-0.25, -0.2) is 4.68 Å². The highest BCUT2D eigenvalue weighted by Gasteiger charge is 2.30. The van der Waals surface area contributed by atoms with Crippen LogP contribution in [0.25, 0.3) is 0 Å². The molecular formula is C20H19F3N4O4. The molecular weight excluding hydrogens is 417 g/mol. The third-order valence-electron chi connectivity index (χ3n) is 5.01. The third kappa shape index (κ3) is 5.08. The zero-order valence-corrected chi connectivity index (χ0v) is 16.3. The van der Waals surface area contributed by atoms with E-state index in [9.17, 15) is 18.0 Å². The average molecular weight is 436 g/mol. The van der Waals surface area contributed by atoms with Crippen molar-refractivity contribution >= 4 is 5.91 Å². The van der Waals surface area contributed by atoms with Gasteiger partial charge in [0.15, 0.2) is 5.69 Å². The number of nitriles is 1. The van der Waals surface area contributed by atoms with Crippen molar-refractivity contribution in [1.29, 1.82) is 5.26 Å². The van der Waals surface area contributed by atoms with Gasteiger partial charge in [-0.1, -0.05) is 0 Å². The van der Waals surface area contributed by atoms with Gasteiger partial charge >= 0.3 is 6.36 Å². The Balaban J connectivity index is 1.28. The number of nitrogens with one attached hydrogen (secondary N) is 1. The average Bonchev–Trinajstić information content (AvgIpc) is 3.29. The van der Waals surface area contributed by atoms with Crippen molar-refractivity contribution in [3.05, 3.63) is 41.1 Å². The van der Waals surface area contributed by atoms with Crippen LogP contribution in [0.3, 0.4) is 0 Å². The van der Waals surface area contributed by atoms with Gasteiger partial charge in [0.05, 0.1) is 30.8 Å². The fraction of sp³-hybridized carbons (Fsp3) is 0.450. The summed E-state index contributed by atoms with van der Waals surface area (Å²) >= 11 is 0. The monoisotopic (exact) mass is 436 g/mol. The summed E-state index contributed by atoms with van der Waals surface area (Å²) in [4.78, 5) is 12.6. The molecule has 1 aromatic heterocycles. The molecule has 11 heteroatoms. The van der Waals surface area contributed by atoms with Gasteiger partial charge in [0, 0.05) is 6.07 Å². The number of hydrogen-bond donors (Lipinski definition) is 1. The highest BCUT2D eigenvalue weighted by molar-refractivity contribution is 5.92. The first kappa shape index (κ1) is 21.0. The van der Waals surface area contributed by atoms with Crippen LogP contribution in [-0.2, 0) is 17.7 Å². The van der Waals surface area contributed by atoms with E-state index in [1.807, 2.05) is 0 Å². The van der Waals surface area contributed by atoms with Crippen LogP contribution in [0.1, 0.15) is 34.5 Å². The summed E-state index contributed by atoms with van der Waals surface area (Å²) in [6.07, 6.45) is -3.84. The highest BCUT2D eigenvalue weighted by atomic mass is 19.4. The maximum atomic E-state index is 12.6. The molecule has 2 aliphatic heterocycles. The second kappa shape index (κ2) is 8.47. The Kier molecular flexibility index (Phi) is 5.73. The predicted octanol–water partition coefficient (Wildman–Crippen LogP) is 2.57. The fourth-order valence-electron chi connectivity index (χ4n) is 3.60. The lowest BCUT2D eigenvalue weighted by Crippen LogP contribution is -2.43. The van der Waals surface area contributed by atoms with Gasteiger partial charge in [-0.2, -0.15) is 10.4 Å². The van der Waals surface area contributed by atoms with E-state index in [4.69, 9.17) is 14.7 Å². The number of carbonyl (C=O) groups is 1. The fourth-order valence-corrected chi connectivity index (χ4v) is 3.60. The van der Waals surface area contributed by atoms with Crippen LogP contribution >= 0.6 is 0 Å². The van der Waals surface area contributed by atoms with Crippen molar-refractivity contribution in [1.82, 2.24) is 15.1 Å². The van der Waals surface area contributed by atoms with Gasteiger partial charge in [-0.05, 0) is 43.0 Å². The van der Waals surface area contributed by atoms with Crippen LogP contribution in [0.15, 0.2) is 24.3 Å². The number of nitrogens with zero attached hydrogens (tertiary/aromatic N) is 3. The van der Waals surface area contributed by atoms with E-state index in [2.05, 4.69) is 21.2 Å². The summed E-state index contributed by atoms with van der Waals surface area (Å²) in [7, 11) is 0. The molecule has 0 fully saturated rings. The largest absolute Gasteiger partial charge is 0.522 e. The quantitative estimate of drug-likeness (QED) is 0.699. The van der Waals surface area contributed by atoms with E-state index in [0.29, 0.717) is 43.2 Å². The Bertz CT molecular complexity index is 991. The Morgan fingerprint density at radius 2 is 2.23 bits per heavy atom. The number of aromatic nitrogens is 2. The predicted molar refractivity (Wildman–Crippen MR) is 99.5 cm³/mol. The number of ether oxygens (including phenoxy) is 3. The van der Waals surface area contributed by atoms with E-state index in [-0.39, 0.29) is 30.2 Å². The van der Waals surface area contributed by atoms with E-state index in [0.717, 1.165) is 5.56 Å². The minimum absolute atomic E-state index is 0.186. The summed E-state index contributed by atoms with van der Waals surface area (Å²) in [6, 6.07) is 8.49. The lowest BCUT2D eigenvalue weighted by Gasteiger charge is -2.26. The van der Waals surface area contributed by atoms with Crippen molar-refractivity contribution in [2.75, 3.05) is 13.2 Å². The number of halogens is 3. The summed E-state index contributed by atoms with van der Waals surface area (Å²) in [5.41, 5.74) is 1.56. The molecule has 8 nitrogen and oxygen atoms in total. The van der Waals surface area contributed by atoms with Gasteiger partial charge in [0.2, 0.25) is 5.88 Å². The first-order valence-electron chi connectivity index (χ1n) is 9.72. The maximum absolute atomic E-state index is 12.6. The molecule has 1 aromatic carbocycles. The molecule has 0 spiro atoms. The van der Waals surface area contributed by atoms with Gasteiger partial charge < -0.3 is 14.8 Å². The van der Waals surface area contributed by atoms with E-state index in [1.54, 1.807) is 18.2 Å². The first-order valence-corrected chi connectivity index (χ1v) is 9.72. The summed E-state index contributed by atoms with van der Waals surface area (Å²) in [5, 5.41) is 16.1. The summed E-state index contributed by atoms with van der Waals surface area (Å²) < 4.78 is 52.6. The summed E-state index contributed by atoms with van der Waals surface area (Å²) in [6.45, 7) is 0.226. The normalized spacial score (nSPS) is 19.5. The Hall–Kier alpha value is -3.26. The third-order valence-corrected chi connectivity index (χ3v) is 5.01. The SMILES string of the molecule is N#Cc1ccc2c(c1)C[C@@H](NC(=O)c1cc3n(n1)CC(CCCOC(F)(F)F)O3)CO2. The number of hydrogen-bond acceptors (Lipinski definition) is 6. The van der Waals surface area contributed by atoms with Crippen molar-refractivity contribution in [2.45, 2.75) is 44.3 Å². The van der Waals surface area contributed by atoms with Crippen molar-refractivity contribution < 1.29 is 32.2 Å². The minimum Gasteiger partial charge on any atom is -0.491 e. The molecule has 0 radical (unpaired) electrons. The molecule has 0 saturated carbocycles. The number of fused-ring (bicyclic) bond motifs is 2. The molecule has 4 rings (SSSR count). The Morgan fingerprint density at radius 3 is 2.97 bits per heavy atom. The first-order chi connectivity index (χ1) is 14.8. The number of carbonyl (C=O) groups excluding carboxylic acids is 1. The molecule has 2 aromatic rings. The van der Waals surface area contributed by atoms with E-state index in [1.165, 1.54) is 10.7 Å². The molecule has 1 amide bonds. The zero-order valence-electron chi connectivity index (χ0n) is 16.3. The second-order valence-corrected chi connectivity index (χ2v) is 7.35. The smallest absolute Gasteiger partial charge is 0.491 e. The molecule has 1 unspecified atom stereocenters. The lowest BCUT2D eigenvalue weighted by molar-refractivity contribution is -0.324. The molecule has 1 N–H and O–H groups in total. The van der Waals surface area contributed by atoms with Crippen LogP contribution in [0.2, 0.25) is 0 Å². The molecule has 0 bridgehead atoms. The topological polar surface area (TPSA) is 98.4 Å². The van der Waals surface area contributed by atoms with E-state index < -0.39 is 13.0 Å². The minimum atomic E-state index is -4.63. The Morgan fingerprint density at radius 1 is 1.39 bits per heavy atom. The zero-order chi connectivity index (χ0) is 22.0. The molecule has 164 valence electrons. The van der Waals surface area contributed by atoms with E-state index >= 15 is 0 Å². The van der Waals surface area contributed by atoms with Crippen molar-refractivity contribution in [3.63, 3.8) is 0 Å². The maximum Gasteiger partial charge on any atom is 0.522 e. The summed E-state index contributed by atoms with van der Waals surface area (Å²) in [5.74, 6) is 0.718. The molecule has 0 aliphatic carbocycles. The number of alkyl halides is 3. The van der Waals surface area contributed by atoms with Gasteiger partial charge in [-0.15, -0.1) is 13.2 Å². The number of benzene rings is 1. The second-order valence-electron chi connectivity index (χ2n) is 7.35. The van der Waals surface area contributed by atoms with Gasteiger partial charge in [-0.3, -0.25) is 9.53 Å². The highest BCUT2D eigenvalue weighted by Crippen LogP contribution is 2.27. The molecule has 31 heavy (non-hydrogen) atoms. The molecule has 3 heterocycles. The van der Waals surface area contributed by atoms with Crippen molar-refractivity contribution in [3.8, 4) is 17.7 Å². The van der Waals surface area contributed by atoms with Gasteiger partial charge in [0.1, 0.15) is 18.5 Å². The van der Waals surface area contributed by atoms with Crippen LogP contribution in [0.5, 0.6) is 11.6 Å². The van der Waals surface area contributed by atoms with Crippen LogP contribution < -0.4 is 14.8 Å². The standard InChI is InChI=1S/C20H19F3N4O4/c21-20(22,23)30-5-1-2-15-10-27-18(31-15)8-16(26-27)19(28)25-14-7-13-6-12(9-24)3-4-17(13)29-11-14/h3-4,6,8,14-15H,1-2,5,7,10-11H2,(H,25,28)/t14-,15?/m1/s1. The lowest BCUT2D eigenvalue weighted by atomic mass is 10.0. The molecule has 2 aliphatic rings. The van der Waals surface area contributed by atoms with Crippen LogP contribution in [0.4, 0.5) is 13.2 Å². The number of amides is 1. The molecule has 2 atom stereocenters. The van der Waals surface area contributed by atoms with Crippen LogP contribution in [0, 0.1) is 11.3 Å². The Labute approximate surface area is 175 Å². The van der Waals surface area contributed by atoms with Crippen molar-refractivity contribution in [2.24, 2.45) is 0 Å². The van der Waals surface area contributed by atoms with Gasteiger partial charge in [0.25, 0.3) is 5.91 Å². The number of rotatable bonds is 6. The van der Waals surface area contributed by atoms with Crippen LogP contribution in [-0.4, -0.2) is 47.4 Å².